The van der Waals surface area contributed by atoms with E-state index in [-0.39, 0.29) is 22.3 Å². The zero-order chi connectivity index (χ0) is 20.1. The molecule has 0 radical (unpaired) electrons. The maximum absolute atomic E-state index is 5.06. The summed E-state index contributed by atoms with van der Waals surface area (Å²) < 4.78 is 0. The third kappa shape index (κ3) is 18.2. The Labute approximate surface area is 179 Å². The van der Waals surface area contributed by atoms with E-state index in [9.17, 15) is 0 Å². The van der Waals surface area contributed by atoms with Gasteiger partial charge in [-0.05, 0) is 19.6 Å². The van der Waals surface area contributed by atoms with Crippen LogP contribution in [0.25, 0.3) is 9.96 Å². The minimum atomic E-state index is -1.20. The Bertz CT molecular complexity index is 287. The van der Waals surface area contributed by atoms with Gasteiger partial charge in [-0.2, -0.15) is 0 Å². The van der Waals surface area contributed by atoms with Gasteiger partial charge in [0.1, 0.15) is 0 Å². The molecule has 0 aromatic heterocycles. The van der Waals surface area contributed by atoms with E-state index in [1.165, 1.54) is 44.2 Å². The zero-order valence-corrected chi connectivity index (χ0v) is 22.9. The van der Waals surface area contributed by atoms with Gasteiger partial charge in [-0.15, -0.1) is 12.1 Å². The molecular weight excluding hydrogens is 397 g/mol. The molecule has 6 heteroatoms. The number of hydrogen-bond donors (Lipinski definition) is 0. The van der Waals surface area contributed by atoms with Gasteiger partial charge in [0.2, 0.25) is 0 Å². The summed E-state index contributed by atoms with van der Waals surface area (Å²) in [5, 5.41) is 0. The molecule has 0 amide bonds. The molecule has 0 aliphatic rings. The van der Waals surface area contributed by atoms with Gasteiger partial charge in [0.05, 0.1) is 0 Å². The van der Waals surface area contributed by atoms with Crippen LogP contribution in [-0.4, -0.2) is 53.1 Å². The first-order valence-corrected chi connectivity index (χ1v) is 16.5. The molecule has 26 heavy (non-hydrogen) atoms. The van der Waals surface area contributed by atoms with Crippen LogP contribution in [0.5, 0.6) is 0 Å². The second kappa shape index (κ2) is 15.7. The molecular formula is C20H49CoN3Si2+. The molecule has 0 N–H and O–H groups in total. The van der Waals surface area contributed by atoms with E-state index >= 15 is 0 Å². The standard InChI is InChI=1S/C13H31N2Si.C7H18NSi.Co/c1-6-15(7-2)13-11-12-14-16(8-3,9-4)10-5;1-7(2,3)8-9(4,5)6;/h6-13H2,1-5H3;1-6H3;/q2*-1;+3. The molecule has 0 heterocycles. The molecule has 0 aliphatic heterocycles. The Morgan fingerprint density at radius 2 is 1.23 bits per heavy atom. The van der Waals surface area contributed by atoms with E-state index in [2.05, 4.69) is 84.9 Å². The van der Waals surface area contributed by atoms with E-state index in [0.29, 0.717) is 0 Å². The Kier molecular flexibility index (Phi) is 19.0. The Morgan fingerprint density at radius 1 is 0.808 bits per heavy atom. The van der Waals surface area contributed by atoms with Crippen LogP contribution in [0.3, 0.4) is 0 Å². The average molecular weight is 447 g/mol. The van der Waals surface area contributed by atoms with Gasteiger partial charge in [-0.1, -0.05) is 116 Å². The third-order valence-electron chi connectivity index (χ3n) is 4.62. The van der Waals surface area contributed by atoms with Crippen molar-refractivity contribution in [2.45, 2.75) is 105 Å². The molecule has 3 nitrogen and oxygen atoms in total. The van der Waals surface area contributed by atoms with E-state index in [0.717, 1.165) is 6.54 Å². The molecule has 0 fully saturated rings. The Hall–Kier alpha value is 0.820. The van der Waals surface area contributed by atoms with Gasteiger partial charge in [0.25, 0.3) is 0 Å². The number of hydrogen-bond acceptors (Lipinski definition) is 1. The molecule has 0 saturated carbocycles. The van der Waals surface area contributed by atoms with Crippen LogP contribution in [-0.2, 0) is 16.8 Å². The number of rotatable bonds is 11. The van der Waals surface area contributed by atoms with Crippen LogP contribution in [0.2, 0.25) is 37.8 Å². The van der Waals surface area contributed by atoms with Crippen molar-refractivity contribution < 1.29 is 16.8 Å². The molecule has 0 unspecified atom stereocenters. The average Bonchev–Trinajstić information content (AvgIpc) is 2.49. The van der Waals surface area contributed by atoms with Gasteiger partial charge in [-0.3, -0.25) is 0 Å². The molecule has 160 valence electrons. The molecule has 0 bridgehead atoms. The molecule has 0 aromatic carbocycles. The van der Waals surface area contributed by atoms with E-state index < -0.39 is 16.5 Å². The van der Waals surface area contributed by atoms with Crippen molar-refractivity contribution in [3.05, 3.63) is 9.96 Å². The van der Waals surface area contributed by atoms with E-state index in [1.807, 2.05) is 0 Å². The molecule has 0 rings (SSSR count). The SMILES string of the molecule is CC(C)(C)[N-][Si](C)(C)C.CCN(CC)CCC[N-][Si](CC)(CC)CC.[Co+3]. The van der Waals surface area contributed by atoms with Gasteiger partial charge in [-0.25, -0.2) is 0 Å². The van der Waals surface area contributed by atoms with Gasteiger partial charge >= 0.3 is 16.8 Å². The summed E-state index contributed by atoms with van der Waals surface area (Å²) in [6.45, 7) is 29.4. The molecule has 0 saturated heterocycles. The fourth-order valence-corrected chi connectivity index (χ4v) is 8.06. The molecule has 0 spiro atoms. The summed E-state index contributed by atoms with van der Waals surface area (Å²) in [4.78, 5) is 12.2. The van der Waals surface area contributed by atoms with E-state index in [4.69, 9.17) is 4.98 Å². The van der Waals surface area contributed by atoms with E-state index in [1.54, 1.807) is 0 Å². The number of nitrogens with zero attached hydrogens (tertiary/aromatic N) is 3. The second-order valence-electron chi connectivity index (χ2n) is 9.00. The summed E-state index contributed by atoms with van der Waals surface area (Å²) in [7, 11) is -2.37. The summed E-state index contributed by atoms with van der Waals surface area (Å²) in [6, 6.07) is 3.97. The van der Waals surface area contributed by atoms with Crippen LogP contribution >= 0.6 is 0 Å². The van der Waals surface area contributed by atoms with Gasteiger partial charge in [0.15, 0.2) is 0 Å². The predicted molar refractivity (Wildman–Crippen MR) is 124 cm³/mol. The first kappa shape index (κ1) is 31.5. The fraction of sp³-hybridized carbons (Fsp3) is 1.00. The minimum Gasteiger partial charge on any atom is -0.664 e. The first-order valence-electron chi connectivity index (χ1n) is 10.5. The first-order chi connectivity index (χ1) is 11.4. The van der Waals surface area contributed by atoms with Crippen LogP contribution in [0.15, 0.2) is 0 Å². The third-order valence-corrected chi connectivity index (χ3v) is 10.8. The Balaban J connectivity index is -0.000000453. The van der Waals surface area contributed by atoms with Crippen molar-refractivity contribution in [1.29, 1.82) is 0 Å². The molecule has 0 aliphatic carbocycles. The summed E-state index contributed by atoms with van der Waals surface area (Å²) in [5.74, 6) is 0. The van der Waals surface area contributed by atoms with Crippen LogP contribution in [0.4, 0.5) is 0 Å². The van der Waals surface area contributed by atoms with Crippen molar-refractivity contribution in [1.82, 2.24) is 4.90 Å². The largest absolute Gasteiger partial charge is 3.00 e. The monoisotopic (exact) mass is 446 g/mol. The van der Waals surface area contributed by atoms with Crippen molar-refractivity contribution in [3.8, 4) is 0 Å². The normalized spacial score (nSPS) is 12.5. The van der Waals surface area contributed by atoms with Crippen molar-refractivity contribution >= 4 is 16.5 Å². The minimum absolute atomic E-state index is 0. The predicted octanol–water partition coefficient (Wildman–Crippen LogP) is 7.09. The quantitative estimate of drug-likeness (QED) is 0.246. The van der Waals surface area contributed by atoms with Crippen molar-refractivity contribution in [3.63, 3.8) is 0 Å². The van der Waals surface area contributed by atoms with Crippen molar-refractivity contribution in [2.24, 2.45) is 0 Å². The summed E-state index contributed by atoms with van der Waals surface area (Å²) in [6.07, 6.45) is 1.25. The molecule has 0 aromatic rings. The fourth-order valence-electron chi connectivity index (χ4n) is 3.24. The summed E-state index contributed by atoms with van der Waals surface area (Å²) >= 11 is 0. The zero-order valence-electron chi connectivity index (χ0n) is 19.8. The van der Waals surface area contributed by atoms with Crippen LogP contribution < -0.4 is 0 Å². The van der Waals surface area contributed by atoms with Crippen LogP contribution in [0.1, 0.15) is 61.8 Å². The topological polar surface area (TPSA) is 31.4 Å². The van der Waals surface area contributed by atoms with Gasteiger partial charge in [0, 0.05) is 0 Å². The van der Waals surface area contributed by atoms with Crippen molar-refractivity contribution in [2.75, 3.05) is 26.2 Å². The maximum atomic E-state index is 5.06. The summed E-state index contributed by atoms with van der Waals surface area (Å²) in [5.41, 5.74) is 0.171. The smallest absolute Gasteiger partial charge is 0.664 e. The maximum Gasteiger partial charge on any atom is 3.00 e. The van der Waals surface area contributed by atoms with Gasteiger partial charge < -0.3 is 14.9 Å². The van der Waals surface area contributed by atoms with Crippen LogP contribution in [0, 0.1) is 0 Å². The Morgan fingerprint density at radius 3 is 1.46 bits per heavy atom. The second-order valence-corrected chi connectivity index (χ2v) is 18.5. The molecule has 0 atom stereocenters.